The molecule has 32 heavy (non-hydrogen) atoms. The molecule has 2 aromatic carbocycles. The number of fused-ring (bicyclic) bond motifs is 1. The minimum absolute atomic E-state index is 0.0794. The van der Waals surface area contributed by atoms with E-state index < -0.39 is 0 Å². The molecule has 2 heterocycles. The molecule has 2 N–H and O–H groups in total. The Labute approximate surface area is 184 Å². The van der Waals surface area contributed by atoms with Crippen molar-refractivity contribution in [3.8, 4) is 11.3 Å². The number of carbonyl (C=O) groups is 2. The first-order chi connectivity index (χ1) is 15.6. The van der Waals surface area contributed by atoms with Crippen molar-refractivity contribution in [1.29, 1.82) is 0 Å². The molecule has 160 valence electrons. The molecule has 0 bridgehead atoms. The molecule has 0 aliphatic rings. The molecule has 0 radical (unpaired) electrons. The van der Waals surface area contributed by atoms with Gasteiger partial charge in [0.05, 0.1) is 23.2 Å². The highest BCUT2D eigenvalue weighted by molar-refractivity contribution is 6.07. The van der Waals surface area contributed by atoms with E-state index in [2.05, 4.69) is 20.6 Å². The van der Waals surface area contributed by atoms with E-state index in [1.54, 1.807) is 30.6 Å². The summed E-state index contributed by atoms with van der Waals surface area (Å²) >= 11 is 0. The molecule has 2 aromatic heterocycles. The summed E-state index contributed by atoms with van der Waals surface area (Å²) < 4.78 is 13.2. The van der Waals surface area contributed by atoms with Crippen LogP contribution in [-0.4, -0.2) is 34.9 Å². The summed E-state index contributed by atoms with van der Waals surface area (Å²) in [5, 5.41) is 6.33. The van der Waals surface area contributed by atoms with Crippen LogP contribution in [0.2, 0.25) is 0 Å². The largest absolute Gasteiger partial charge is 0.354 e. The maximum atomic E-state index is 13.2. The van der Waals surface area contributed by atoms with Crippen LogP contribution in [0.15, 0.2) is 79.1 Å². The van der Waals surface area contributed by atoms with E-state index >= 15 is 0 Å². The molecule has 0 saturated carbocycles. The Morgan fingerprint density at radius 3 is 2.47 bits per heavy atom. The summed E-state index contributed by atoms with van der Waals surface area (Å²) in [6.45, 7) is 0.523. The number of aromatic nitrogens is 2. The van der Waals surface area contributed by atoms with Crippen LogP contribution in [0.3, 0.4) is 0 Å². The third-order valence-electron chi connectivity index (χ3n) is 4.92. The van der Waals surface area contributed by atoms with Gasteiger partial charge in [0.15, 0.2) is 0 Å². The first kappa shape index (κ1) is 21.1. The summed E-state index contributed by atoms with van der Waals surface area (Å²) in [6.07, 6.45) is 3.44. The summed E-state index contributed by atoms with van der Waals surface area (Å²) in [7, 11) is 0. The van der Waals surface area contributed by atoms with Crippen molar-refractivity contribution >= 4 is 22.7 Å². The van der Waals surface area contributed by atoms with Gasteiger partial charge < -0.3 is 10.6 Å². The van der Waals surface area contributed by atoms with E-state index in [9.17, 15) is 14.0 Å². The first-order valence-electron chi connectivity index (χ1n) is 10.2. The average Bonchev–Trinajstić information content (AvgIpc) is 2.81. The van der Waals surface area contributed by atoms with Gasteiger partial charge in [-0.15, -0.1) is 0 Å². The third kappa shape index (κ3) is 5.13. The zero-order chi connectivity index (χ0) is 22.3. The van der Waals surface area contributed by atoms with Crippen LogP contribution in [0.1, 0.15) is 15.9 Å². The fourth-order valence-corrected chi connectivity index (χ4v) is 3.40. The number of nitrogens with one attached hydrogen (secondary N) is 2. The lowest BCUT2D eigenvalue weighted by molar-refractivity contribution is -0.120. The van der Waals surface area contributed by atoms with E-state index in [0.717, 1.165) is 16.5 Å². The molecule has 7 heteroatoms. The zero-order valence-electron chi connectivity index (χ0n) is 17.2. The molecule has 2 amide bonds. The van der Waals surface area contributed by atoms with Gasteiger partial charge in [0.25, 0.3) is 5.91 Å². The minimum Gasteiger partial charge on any atom is -0.354 e. The molecular weight excluding hydrogens is 407 g/mol. The number of hydrogen-bond acceptors (Lipinski definition) is 4. The number of benzene rings is 2. The summed E-state index contributed by atoms with van der Waals surface area (Å²) in [6, 6.07) is 18.8. The zero-order valence-corrected chi connectivity index (χ0v) is 17.2. The molecule has 0 fully saturated rings. The van der Waals surface area contributed by atoms with Gasteiger partial charge in [-0.05, 0) is 42.0 Å². The Bertz CT molecular complexity index is 1260. The highest BCUT2D eigenvalue weighted by Gasteiger charge is 2.14. The molecule has 6 nitrogen and oxygen atoms in total. The van der Waals surface area contributed by atoms with Crippen molar-refractivity contribution in [2.75, 3.05) is 13.1 Å². The number of nitrogens with zero attached hydrogens (tertiary/aromatic N) is 2. The summed E-state index contributed by atoms with van der Waals surface area (Å²) in [5.74, 6) is -0.865. The van der Waals surface area contributed by atoms with E-state index in [0.29, 0.717) is 16.8 Å². The number of carbonyl (C=O) groups excluding carboxylic acids is 2. The predicted octanol–water partition coefficient (Wildman–Crippen LogP) is 3.52. The van der Waals surface area contributed by atoms with Crippen molar-refractivity contribution in [3.05, 3.63) is 96.1 Å². The lowest BCUT2D eigenvalue weighted by Crippen LogP contribution is -2.35. The van der Waals surface area contributed by atoms with Crippen LogP contribution in [-0.2, 0) is 11.2 Å². The SMILES string of the molecule is O=C(Cc1cccc(F)c1)NCCNC(=O)c1cc(-c2ccncc2)nc2ccccc12. The van der Waals surface area contributed by atoms with Crippen LogP contribution in [0.4, 0.5) is 4.39 Å². The fraction of sp³-hybridized carbons (Fsp3) is 0.120. The van der Waals surface area contributed by atoms with Gasteiger partial charge in [-0.2, -0.15) is 0 Å². The molecule has 4 aromatic rings. The van der Waals surface area contributed by atoms with Gasteiger partial charge in [-0.1, -0.05) is 30.3 Å². The number of amides is 2. The minimum atomic E-state index is -0.377. The van der Waals surface area contributed by atoms with Gasteiger partial charge in [0, 0.05) is 36.4 Å². The van der Waals surface area contributed by atoms with Crippen molar-refractivity contribution in [3.63, 3.8) is 0 Å². The normalized spacial score (nSPS) is 10.7. The predicted molar refractivity (Wildman–Crippen MR) is 120 cm³/mol. The topological polar surface area (TPSA) is 84.0 Å². The lowest BCUT2D eigenvalue weighted by Gasteiger charge is -2.11. The molecular formula is C25H21FN4O2. The van der Waals surface area contributed by atoms with Gasteiger partial charge in [0.2, 0.25) is 5.91 Å². The quantitative estimate of drug-likeness (QED) is 0.441. The van der Waals surface area contributed by atoms with Gasteiger partial charge >= 0.3 is 0 Å². The number of pyridine rings is 2. The molecule has 0 aliphatic heterocycles. The summed E-state index contributed by atoms with van der Waals surface area (Å²) in [4.78, 5) is 33.7. The highest BCUT2D eigenvalue weighted by atomic mass is 19.1. The molecule has 0 spiro atoms. The van der Waals surface area contributed by atoms with Crippen LogP contribution in [0, 0.1) is 5.82 Å². The van der Waals surface area contributed by atoms with Gasteiger partial charge in [-0.3, -0.25) is 14.6 Å². The first-order valence-corrected chi connectivity index (χ1v) is 10.2. The number of rotatable bonds is 7. The Hall–Kier alpha value is -4.13. The highest BCUT2D eigenvalue weighted by Crippen LogP contribution is 2.24. The van der Waals surface area contributed by atoms with Crippen molar-refractivity contribution in [1.82, 2.24) is 20.6 Å². The smallest absolute Gasteiger partial charge is 0.252 e. The van der Waals surface area contributed by atoms with Crippen LogP contribution in [0.25, 0.3) is 22.2 Å². The Morgan fingerprint density at radius 2 is 1.66 bits per heavy atom. The van der Waals surface area contributed by atoms with Crippen LogP contribution < -0.4 is 10.6 Å². The lowest BCUT2D eigenvalue weighted by atomic mass is 10.0. The Balaban J connectivity index is 1.41. The number of hydrogen-bond donors (Lipinski definition) is 2. The second-order valence-electron chi connectivity index (χ2n) is 7.22. The second kappa shape index (κ2) is 9.78. The second-order valence-corrected chi connectivity index (χ2v) is 7.22. The Morgan fingerprint density at radius 1 is 0.875 bits per heavy atom. The Kier molecular flexibility index (Phi) is 6.46. The molecule has 0 aliphatic carbocycles. The molecule has 0 atom stereocenters. The van der Waals surface area contributed by atoms with E-state index in [-0.39, 0.29) is 37.1 Å². The van der Waals surface area contributed by atoms with E-state index in [4.69, 9.17) is 0 Å². The number of halogens is 1. The van der Waals surface area contributed by atoms with Crippen LogP contribution >= 0.6 is 0 Å². The average molecular weight is 428 g/mol. The molecule has 0 unspecified atom stereocenters. The summed E-state index contributed by atoms with van der Waals surface area (Å²) in [5.41, 5.74) is 3.37. The number of para-hydroxylation sites is 1. The van der Waals surface area contributed by atoms with Crippen molar-refractivity contribution in [2.24, 2.45) is 0 Å². The fourth-order valence-electron chi connectivity index (χ4n) is 3.40. The van der Waals surface area contributed by atoms with E-state index in [1.165, 1.54) is 12.1 Å². The molecule has 4 rings (SSSR count). The monoisotopic (exact) mass is 428 g/mol. The maximum absolute atomic E-state index is 13.2. The van der Waals surface area contributed by atoms with Crippen molar-refractivity contribution in [2.45, 2.75) is 6.42 Å². The van der Waals surface area contributed by atoms with Gasteiger partial charge in [-0.25, -0.2) is 9.37 Å². The molecule has 0 saturated heterocycles. The standard InChI is InChI=1S/C25H21FN4O2/c26-19-5-3-4-17(14-19)15-24(31)28-12-13-29-25(32)21-16-23(18-8-10-27-11-9-18)30-22-7-2-1-6-20(21)22/h1-11,14,16H,12-13,15H2,(H,28,31)(H,29,32). The van der Waals surface area contributed by atoms with Gasteiger partial charge in [0.1, 0.15) is 5.82 Å². The maximum Gasteiger partial charge on any atom is 0.252 e. The van der Waals surface area contributed by atoms with Crippen LogP contribution in [0.5, 0.6) is 0 Å². The van der Waals surface area contributed by atoms with E-state index in [1.807, 2.05) is 36.4 Å². The third-order valence-corrected chi connectivity index (χ3v) is 4.92. The van der Waals surface area contributed by atoms with Crippen molar-refractivity contribution < 1.29 is 14.0 Å².